The van der Waals surface area contributed by atoms with Gasteiger partial charge in [-0.3, -0.25) is 4.79 Å². The van der Waals surface area contributed by atoms with Gasteiger partial charge in [-0.15, -0.1) is 0 Å². The van der Waals surface area contributed by atoms with Gasteiger partial charge in [0.2, 0.25) is 0 Å². The first kappa shape index (κ1) is 15.1. The lowest BCUT2D eigenvalue weighted by molar-refractivity contribution is 0.0941. The minimum Gasteiger partial charge on any atom is -0.349 e. The third-order valence-electron chi connectivity index (χ3n) is 3.63. The van der Waals surface area contributed by atoms with Crippen molar-refractivity contribution < 1.29 is 9.18 Å². The summed E-state index contributed by atoms with van der Waals surface area (Å²) in [7, 11) is 0. The van der Waals surface area contributed by atoms with Crippen molar-refractivity contribution in [1.82, 2.24) is 19.9 Å². The fourth-order valence-corrected chi connectivity index (χ4v) is 2.58. The number of fused-ring (bicyclic) bond motifs is 1. The highest BCUT2D eigenvalue weighted by atomic mass is 19.1. The van der Waals surface area contributed by atoms with E-state index in [1.165, 1.54) is 12.1 Å². The van der Waals surface area contributed by atoms with Gasteiger partial charge in [-0.25, -0.2) is 13.9 Å². The summed E-state index contributed by atoms with van der Waals surface area (Å²) in [4.78, 5) is 16.8. The van der Waals surface area contributed by atoms with Crippen LogP contribution in [0.3, 0.4) is 0 Å². The van der Waals surface area contributed by atoms with Crippen molar-refractivity contribution in [2.75, 3.05) is 0 Å². The van der Waals surface area contributed by atoms with Crippen molar-refractivity contribution in [3.05, 3.63) is 65.4 Å². The molecule has 1 atom stereocenters. The molecule has 23 heavy (non-hydrogen) atoms. The summed E-state index contributed by atoms with van der Waals surface area (Å²) in [6.07, 6.45) is 4.01. The molecule has 0 aliphatic rings. The fourth-order valence-electron chi connectivity index (χ4n) is 2.58. The Bertz CT molecular complexity index is 841. The summed E-state index contributed by atoms with van der Waals surface area (Å²) in [5, 5.41) is 7.24. The third kappa shape index (κ3) is 3.21. The molecule has 2 aromatic heterocycles. The van der Waals surface area contributed by atoms with Crippen LogP contribution in [0.5, 0.6) is 0 Å². The SMILES string of the molecule is Cc1nn2cccnc2c1C(=O)NC(C)Cc1ccc(F)cc1. The van der Waals surface area contributed by atoms with Crippen LogP contribution in [-0.2, 0) is 6.42 Å². The minimum atomic E-state index is -0.265. The van der Waals surface area contributed by atoms with Crippen LogP contribution in [0.25, 0.3) is 5.65 Å². The third-order valence-corrected chi connectivity index (χ3v) is 3.63. The highest BCUT2D eigenvalue weighted by Gasteiger charge is 2.19. The van der Waals surface area contributed by atoms with Gasteiger partial charge in [-0.1, -0.05) is 12.1 Å². The number of benzene rings is 1. The second-order valence-electron chi connectivity index (χ2n) is 5.55. The van der Waals surface area contributed by atoms with E-state index in [2.05, 4.69) is 15.4 Å². The van der Waals surface area contributed by atoms with E-state index in [0.29, 0.717) is 23.3 Å². The largest absolute Gasteiger partial charge is 0.349 e. The quantitative estimate of drug-likeness (QED) is 0.805. The number of aromatic nitrogens is 3. The molecule has 5 nitrogen and oxygen atoms in total. The number of nitrogens with zero attached hydrogens (tertiary/aromatic N) is 3. The number of nitrogens with one attached hydrogen (secondary N) is 1. The van der Waals surface area contributed by atoms with Crippen LogP contribution in [0.1, 0.15) is 28.5 Å². The number of hydrogen-bond donors (Lipinski definition) is 1. The predicted octanol–water partition coefficient (Wildman–Crippen LogP) is 2.54. The van der Waals surface area contributed by atoms with E-state index in [9.17, 15) is 9.18 Å². The molecule has 1 aromatic carbocycles. The Morgan fingerprint density at radius 2 is 2.09 bits per heavy atom. The van der Waals surface area contributed by atoms with Gasteiger partial charge in [0, 0.05) is 18.4 Å². The Kier molecular flexibility index (Phi) is 4.06. The molecule has 0 spiro atoms. The lowest BCUT2D eigenvalue weighted by Gasteiger charge is -2.13. The zero-order chi connectivity index (χ0) is 16.4. The van der Waals surface area contributed by atoms with Crippen LogP contribution in [0.15, 0.2) is 42.7 Å². The normalized spacial score (nSPS) is 12.3. The predicted molar refractivity (Wildman–Crippen MR) is 84.8 cm³/mol. The highest BCUT2D eigenvalue weighted by Crippen LogP contribution is 2.13. The first-order valence-corrected chi connectivity index (χ1v) is 7.40. The molecule has 0 aliphatic carbocycles. The van der Waals surface area contributed by atoms with Crippen LogP contribution in [-0.4, -0.2) is 26.5 Å². The maximum absolute atomic E-state index is 12.9. The van der Waals surface area contributed by atoms with Crippen LogP contribution in [0.2, 0.25) is 0 Å². The topological polar surface area (TPSA) is 59.3 Å². The zero-order valence-electron chi connectivity index (χ0n) is 13.0. The van der Waals surface area contributed by atoms with Gasteiger partial charge in [0.25, 0.3) is 5.91 Å². The van der Waals surface area contributed by atoms with E-state index in [4.69, 9.17) is 0 Å². The van der Waals surface area contributed by atoms with Gasteiger partial charge in [-0.2, -0.15) is 5.10 Å². The van der Waals surface area contributed by atoms with Gasteiger partial charge in [-0.05, 0) is 44.0 Å². The maximum atomic E-state index is 12.9. The van der Waals surface area contributed by atoms with E-state index >= 15 is 0 Å². The van der Waals surface area contributed by atoms with Gasteiger partial charge in [0.1, 0.15) is 11.4 Å². The van der Waals surface area contributed by atoms with Crippen molar-refractivity contribution in [3.63, 3.8) is 0 Å². The van der Waals surface area contributed by atoms with Crippen molar-refractivity contribution in [1.29, 1.82) is 0 Å². The maximum Gasteiger partial charge on any atom is 0.257 e. The molecule has 1 amide bonds. The summed E-state index contributed by atoms with van der Waals surface area (Å²) < 4.78 is 14.5. The summed E-state index contributed by atoms with van der Waals surface area (Å²) >= 11 is 0. The standard InChI is InChI=1S/C17H17FN4O/c1-11(10-13-4-6-14(18)7-5-13)20-17(23)15-12(2)21-22-9-3-8-19-16(15)22/h3-9,11H,10H2,1-2H3,(H,20,23). The molecule has 0 aliphatic heterocycles. The number of carbonyl (C=O) groups is 1. The number of rotatable bonds is 4. The molecule has 1 unspecified atom stereocenters. The summed E-state index contributed by atoms with van der Waals surface area (Å²) in [6, 6.07) is 7.95. The molecule has 0 fully saturated rings. The van der Waals surface area contributed by atoms with E-state index in [0.717, 1.165) is 5.56 Å². The lowest BCUT2D eigenvalue weighted by Crippen LogP contribution is -2.34. The molecule has 2 heterocycles. The molecular formula is C17H17FN4O. The fraction of sp³-hybridized carbons (Fsp3) is 0.235. The minimum absolute atomic E-state index is 0.0916. The average molecular weight is 312 g/mol. The van der Waals surface area contributed by atoms with Crippen LogP contribution in [0.4, 0.5) is 4.39 Å². The molecule has 0 bridgehead atoms. The Hall–Kier alpha value is -2.76. The summed E-state index contributed by atoms with van der Waals surface area (Å²) in [6.45, 7) is 3.70. The van der Waals surface area contributed by atoms with Crippen molar-refractivity contribution in [3.8, 4) is 0 Å². The Labute approximate surface area is 133 Å². The number of hydrogen-bond acceptors (Lipinski definition) is 3. The Morgan fingerprint density at radius 3 is 2.83 bits per heavy atom. The van der Waals surface area contributed by atoms with E-state index in [-0.39, 0.29) is 17.8 Å². The Morgan fingerprint density at radius 1 is 1.35 bits per heavy atom. The number of carbonyl (C=O) groups excluding carboxylic acids is 1. The van der Waals surface area contributed by atoms with E-state index < -0.39 is 0 Å². The zero-order valence-corrected chi connectivity index (χ0v) is 13.0. The van der Waals surface area contributed by atoms with Crippen LogP contribution < -0.4 is 5.32 Å². The van der Waals surface area contributed by atoms with Crippen LogP contribution >= 0.6 is 0 Å². The van der Waals surface area contributed by atoms with Crippen molar-refractivity contribution >= 4 is 11.6 Å². The molecule has 3 rings (SSSR count). The molecule has 3 aromatic rings. The molecule has 118 valence electrons. The van der Waals surface area contributed by atoms with Gasteiger partial charge in [0.05, 0.1) is 5.69 Å². The number of amides is 1. The Balaban J connectivity index is 1.75. The summed E-state index contributed by atoms with van der Waals surface area (Å²) in [5.41, 5.74) is 2.62. The van der Waals surface area contributed by atoms with Crippen molar-refractivity contribution in [2.24, 2.45) is 0 Å². The van der Waals surface area contributed by atoms with Gasteiger partial charge >= 0.3 is 0 Å². The second kappa shape index (κ2) is 6.16. The second-order valence-corrected chi connectivity index (χ2v) is 5.55. The van der Waals surface area contributed by atoms with E-state index in [1.54, 1.807) is 42.0 Å². The lowest BCUT2D eigenvalue weighted by atomic mass is 10.1. The van der Waals surface area contributed by atoms with Gasteiger partial charge < -0.3 is 5.32 Å². The monoisotopic (exact) mass is 312 g/mol. The van der Waals surface area contributed by atoms with Gasteiger partial charge in [0.15, 0.2) is 5.65 Å². The number of halogens is 1. The smallest absolute Gasteiger partial charge is 0.257 e. The molecule has 0 saturated carbocycles. The van der Waals surface area contributed by atoms with E-state index in [1.807, 2.05) is 6.92 Å². The molecule has 0 radical (unpaired) electrons. The highest BCUT2D eigenvalue weighted by molar-refractivity contribution is 6.01. The number of aryl methyl sites for hydroxylation is 1. The summed E-state index contributed by atoms with van der Waals surface area (Å²) in [5.74, 6) is -0.468. The molecule has 0 saturated heterocycles. The first-order chi connectivity index (χ1) is 11.0. The van der Waals surface area contributed by atoms with Crippen molar-refractivity contribution in [2.45, 2.75) is 26.3 Å². The molecule has 6 heteroatoms. The van der Waals surface area contributed by atoms with Crippen LogP contribution in [0, 0.1) is 12.7 Å². The average Bonchev–Trinajstić information content (AvgIpc) is 2.85. The first-order valence-electron chi connectivity index (χ1n) is 7.40. The molecular weight excluding hydrogens is 295 g/mol. The molecule has 1 N–H and O–H groups in total.